The average molecular weight is 253 g/mol. The summed E-state index contributed by atoms with van der Waals surface area (Å²) >= 11 is 0. The molecular formula is C9H19NO5S. The summed E-state index contributed by atoms with van der Waals surface area (Å²) in [7, 11) is -3.67. The molecule has 6 nitrogen and oxygen atoms in total. The number of ether oxygens (including phenoxy) is 1. The molecule has 7 heteroatoms. The number of esters is 1. The topological polar surface area (TPSA) is 107 Å². The Morgan fingerprint density at radius 1 is 1.44 bits per heavy atom. The Morgan fingerprint density at radius 3 is 2.31 bits per heavy atom. The van der Waals surface area contributed by atoms with Gasteiger partial charge in [0.1, 0.15) is 11.4 Å². The van der Waals surface area contributed by atoms with Crippen LogP contribution in [0.3, 0.4) is 0 Å². The third-order valence-corrected chi connectivity index (χ3v) is 3.04. The van der Waals surface area contributed by atoms with E-state index in [0.717, 1.165) is 0 Å². The summed E-state index contributed by atoms with van der Waals surface area (Å²) in [6.45, 7) is 4.78. The normalized spacial score (nSPS) is 14.6. The van der Waals surface area contributed by atoms with E-state index in [1.807, 2.05) is 0 Å². The summed E-state index contributed by atoms with van der Waals surface area (Å²) in [5.74, 6) is -2.08. The maximum Gasteiger partial charge on any atom is 0.321 e. The van der Waals surface area contributed by atoms with Gasteiger partial charge >= 0.3 is 5.97 Å². The highest BCUT2D eigenvalue weighted by molar-refractivity contribution is 7.92. The van der Waals surface area contributed by atoms with Crippen molar-refractivity contribution in [3.05, 3.63) is 0 Å². The third-order valence-electron chi connectivity index (χ3n) is 1.48. The Balaban J connectivity index is 4.33. The van der Waals surface area contributed by atoms with Crippen LogP contribution in [-0.4, -0.2) is 49.2 Å². The number of nitrogens with two attached hydrogens (primary N) is 1. The summed E-state index contributed by atoms with van der Waals surface area (Å²) in [6, 6.07) is 0. The lowest BCUT2D eigenvalue weighted by molar-refractivity contribution is -0.151. The first-order chi connectivity index (χ1) is 7.06. The van der Waals surface area contributed by atoms with Crippen molar-refractivity contribution in [2.45, 2.75) is 32.5 Å². The zero-order valence-electron chi connectivity index (χ0n) is 9.76. The maximum absolute atomic E-state index is 11.4. The van der Waals surface area contributed by atoms with Crippen LogP contribution in [0.2, 0.25) is 0 Å². The highest BCUT2D eigenvalue weighted by atomic mass is 32.2. The molecule has 0 amide bonds. The first-order valence-corrected chi connectivity index (χ1v) is 6.68. The van der Waals surface area contributed by atoms with E-state index in [2.05, 4.69) is 0 Å². The van der Waals surface area contributed by atoms with Gasteiger partial charge in [0, 0.05) is 6.54 Å². The summed E-state index contributed by atoms with van der Waals surface area (Å²) in [4.78, 5) is 11.2. The van der Waals surface area contributed by atoms with Gasteiger partial charge in [0.2, 0.25) is 0 Å². The zero-order valence-corrected chi connectivity index (χ0v) is 10.6. The molecular weight excluding hydrogens is 234 g/mol. The van der Waals surface area contributed by atoms with Crippen LogP contribution in [0.4, 0.5) is 0 Å². The first kappa shape index (κ1) is 15.3. The molecule has 0 bridgehead atoms. The van der Waals surface area contributed by atoms with E-state index in [-0.39, 0.29) is 6.54 Å². The molecule has 16 heavy (non-hydrogen) atoms. The molecule has 0 rings (SSSR count). The molecule has 0 aliphatic heterocycles. The van der Waals surface area contributed by atoms with Crippen molar-refractivity contribution in [3.8, 4) is 0 Å². The number of rotatable bonds is 5. The predicted molar refractivity (Wildman–Crippen MR) is 59.6 cm³/mol. The molecule has 0 radical (unpaired) electrons. The molecule has 0 heterocycles. The summed E-state index contributed by atoms with van der Waals surface area (Å²) in [6.07, 6.45) is -1.15. The molecule has 3 N–H and O–H groups in total. The van der Waals surface area contributed by atoms with Crippen LogP contribution in [0.15, 0.2) is 0 Å². The van der Waals surface area contributed by atoms with E-state index in [1.165, 1.54) is 0 Å². The zero-order chi connectivity index (χ0) is 13.0. The summed E-state index contributed by atoms with van der Waals surface area (Å²) in [5, 5.41) is 9.08. The molecule has 0 saturated heterocycles. The monoisotopic (exact) mass is 253 g/mol. The van der Waals surface area contributed by atoms with E-state index in [0.29, 0.717) is 0 Å². The lowest BCUT2D eigenvalue weighted by atomic mass is 10.2. The SMILES string of the molecule is CC(C)(C)OC(=O)CS(=O)(=O)CC(O)CN. The number of carbonyl (C=O) groups is 1. The van der Waals surface area contributed by atoms with Crippen molar-refractivity contribution in [2.24, 2.45) is 5.73 Å². The van der Waals surface area contributed by atoms with Crippen LogP contribution >= 0.6 is 0 Å². The van der Waals surface area contributed by atoms with E-state index in [9.17, 15) is 13.2 Å². The van der Waals surface area contributed by atoms with E-state index < -0.39 is 39.0 Å². The van der Waals surface area contributed by atoms with Crippen LogP contribution in [0.1, 0.15) is 20.8 Å². The highest BCUT2D eigenvalue weighted by Gasteiger charge is 2.24. The van der Waals surface area contributed by atoms with Crippen LogP contribution in [0.25, 0.3) is 0 Å². The fourth-order valence-corrected chi connectivity index (χ4v) is 2.23. The van der Waals surface area contributed by atoms with Gasteiger partial charge in [0.15, 0.2) is 9.84 Å². The molecule has 0 saturated carbocycles. The molecule has 96 valence electrons. The second-order valence-corrected chi connectivity index (χ2v) is 6.64. The van der Waals surface area contributed by atoms with E-state index >= 15 is 0 Å². The molecule has 0 fully saturated rings. The Morgan fingerprint density at radius 2 is 1.94 bits per heavy atom. The fraction of sp³-hybridized carbons (Fsp3) is 0.889. The molecule has 0 aliphatic rings. The molecule has 0 spiro atoms. The van der Waals surface area contributed by atoms with E-state index in [1.54, 1.807) is 20.8 Å². The van der Waals surface area contributed by atoms with Crippen LogP contribution in [0.5, 0.6) is 0 Å². The van der Waals surface area contributed by atoms with Gasteiger partial charge in [-0.25, -0.2) is 8.42 Å². The van der Waals surface area contributed by atoms with Crippen molar-refractivity contribution < 1.29 is 23.1 Å². The van der Waals surface area contributed by atoms with Gasteiger partial charge in [-0.05, 0) is 20.8 Å². The molecule has 0 aliphatic carbocycles. The van der Waals surface area contributed by atoms with Crippen LogP contribution in [-0.2, 0) is 19.4 Å². The van der Waals surface area contributed by atoms with Crippen LogP contribution in [0, 0.1) is 0 Å². The van der Waals surface area contributed by atoms with E-state index in [4.69, 9.17) is 15.6 Å². The minimum absolute atomic E-state index is 0.159. The van der Waals surface area contributed by atoms with Gasteiger partial charge in [-0.2, -0.15) is 0 Å². The lowest BCUT2D eigenvalue weighted by Gasteiger charge is -2.19. The first-order valence-electron chi connectivity index (χ1n) is 4.86. The fourth-order valence-electron chi connectivity index (χ4n) is 0.971. The number of hydrogen-bond donors (Lipinski definition) is 2. The minimum atomic E-state index is -3.67. The summed E-state index contributed by atoms with van der Waals surface area (Å²) in [5.41, 5.74) is 4.36. The quantitative estimate of drug-likeness (QED) is 0.613. The molecule has 0 aromatic heterocycles. The Bertz CT molecular complexity index is 330. The van der Waals surface area contributed by atoms with Gasteiger partial charge in [0.05, 0.1) is 11.9 Å². The minimum Gasteiger partial charge on any atom is -0.459 e. The second-order valence-electron chi connectivity index (χ2n) is 4.53. The number of aliphatic hydroxyl groups excluding tert-OH is 1. The molecule has 1 atom stereocenters. The summed E-state index contributed by atoms with van der Waals surface area (Å²) < 4.78 is 27.6. The van der Waals surface area contributed by atoms with Crippen LogP contribution < -0.4 is 5.73 Å². The predicted octanol–water partition coefficient (Wildman–Crippen LogP) is -0.937. The van der Waals surface area contributed by atoms with Crippen molar-refractivity contribution in [1.82, 2.24) is 0 Å². The van der Waals surface area contributed by atoms with Gasteiger partial charge in [-0.3, -0.25) is 4.79 Å². The molecule has 0 aromatic rings. The van der Waals surface area contributed by atoms with Gasteiger partial charge in [-0.1, -0.05) is 0 Å². The second kappa shape index (κ2) is 5.60. The maximum atomic E-state index is 11.4. The Labute approximate surface area is 95.7 Å². The van der Waals surface area contributed by atoms with Gasteiger partial charge < -0.3 is 15.6 Å². The molecule has 1 unspecified atom stereocenters. The smallest absolute Gasteiger partial charge is 0.321 e. The third kappa shape index (κ3) is 7.61. The number of carbonyl (C=O) groups excluding carboxylic acids is 1. The largest absolute Gasteiger partial charge is 0.459 e. The van der Waals surface area contributed by atoms with Gasteiger partial charge in [0.25, 0.3) is 0 Å². The number of aliphatic hydroxyl groups is 1. The van der Waals surface area contributed by atoms with Crippen molar-refractivity contribution >= 4 is 15.8 Å². The van der Waals surface area contributed by atoms with Crippen molar-refractivity contribution in [1.29, 1.82) is 0 Å². The lowest BCUT2D eigenvalue weighted by Crippen LogP contribution is -2.34. The number of sulfone groups is 1. The van der Waals surface area contributed by atoms with Gasteiger partial charge in [-0.15, -0.1) is 0 Å². The standard InChI is InChI=1S/C9H19NO5S/c1-9(2,3)15-8(12)6-16(13,14)5-7(11)4-10/h7,11H,4-6,10H2,1-3H3. The Hall–Kier alpha value is -0.660. The number of hydrogen-bond acceptors (Lipinski definition) is 6. The molecule has 0 aromatic carbocycles. The highest BCUT2D eigenvalue weighted by Crippen LogP contribution is 2.08. The Kier molecular flexibility index (Phi) is 5.37. The van der Waals surface area contributed by atoms with Crippen molar-refractivity contribution in [3.63, 3.8) is 0 Å². The van der Waals surface area contributed by atoms with Crippen molar-refractivity contribution in [2.75, 3.05) is 18.1 Å². The average Bonchev–Trinajstić information content (AvgIpc) is 1.97.